The Morgan fingerprint density at radius 3 is 2.36 bits per heavy atom. The fourth-order valence-electron chi connectivity index (χ4n) is 0.827. The van der Waals surface area contributed by atoms with Gasteiger partial charge in [0, 0.05) is 18.8 Å². The second-order valence-corrected chi connectivity index (χ2v) is 6.77. The SMILES string of the molecule is CC(C)SCCN(C)CCS(=O)(=O)O. The van der Waals surface area contributed by atoms with Gasteiger partial charge in [-0.2, -0.15) is 20.2 Å². The highest BCUT2D eigenvalue weighted by Gasteiger charge is 2.07. The Kier molecular flexibility index (Phi) is 6.76. The van der Waals surface area contributed by atoms with Crippen molar-refractivity contribution in [1.29, 1.82) is 0 Å². The van der Waals surface area contributed by atoms with E-state index in [1.807, 2.05) is 23.7 Å². The van der Waals surface area contributed by atoms with Gasteiger partial charge in [0.25, 0.3) is 10.1 Å². The van der Waals surface area contributed by atoms with E-state index in [0.717, 1.165) is 12.3 Å². The molecule has 0 aromatic heterocycles. The summed E-state index contributed by atoms with van der Waals surface area (Å²) in [6, 6.07) is 0. The fourth-order valence-corrected chi connectivity index (χ4v) is 2.26. The van der Waals surface area contributed by atoms with Crippen LogP contribution in [0.3, 0.4) is 0 Å². The molecule has 0 saturated carbocycles. The van der Waals surface area contributed by atoms with Crippen LogP contribution in [0, 0.1) is 0 Å². The van der Waals surface area contributed by atoms with Crippen molar-refractivity contribution in [3.05, 3.63) is 0 Å². The van der Waals surface area contributed by atoms with Crippen molar-refractivity contribution in [2.75, 3.05) is 31.6 Å². The van der Waals surface area contributed by atoms with Gasteiger partial charge in [0.1, 0.15) is 0 Å². The lowest BCUT2D eigenvalue weighted by Crippen LogP contribution is -2.27. The Hall–Kier alpha value is 0.220. The number of hydrogen-bond acceptors (Lipinski definition) is 4. The Bertz CT molecular complexity index is 239. The van der Waals surface area contributed by atoms with E-state index in [1.165, 1.54) is 0 Å². The van der Waals surface area contributed by atoms with Gasteiger partial charge in [-0.25, -0.2) is 0 Å². The van der Waals surface area contributed by atoms with Crippen molar-refractivity contribution in [2.45, 2.75) is 19.1 Å². The molecule has 0 aliphatic carbocycles. The molecule has 0 aromatic rings. The van der Waals surface area contributed by atoms with Gasteiger partial charge < -0.3 is 4.90 Å². The molecule has 0 amide bonds. The molecule has 0 unspecified atom stereocenters. The molecule has 0 bridgehead atoms. The van der Waals surface area contributed by atoms with Crippen LogP contribution < -0.4 is 0 Å². The topological polar surface area (TPSA) is 57.6 Å². The largest absolute Gasteiger partial charge is 0.304 e. The highest BCUT2D eigenvalue weighted by molar-refractivity contribution is 7.99. The Morgan fingerprint density at radius 2 is 1.93 bits per heavy atom. The van der Waals surface area contributed by atoms with E-state index in [9.17, 15) is 8.42 Å². The first-order valence-corrected chi connectivity index (χ1v) is 7.22. The third-order valence-electron chi connectivity index (χ3n) is 1.66. The van der Waals surface area contributed by atoms with Crippen molar-refractivity contribution in [3.8, 4) is 0 Å². The van der Waals surface area contributed by atoms with Crippen LogP contribution in [0.15, 0.2) is 0 Å². The lowest BCUT2D eigenvalue weighted by atomic mass is 10.6. The van der Waals surface area contributed by atoms with E-state index in [0.29, 0.717) is 11.8 Å². The van der Waals surface area contributed by atoms with Crippen LogP contribution in [0.25, 0.3) is 0 Å². The quantitative estimate of drug-likeness (QED) is 0.672. The molecule has 1 N–H and O–H groups in total. The Morgan fingerprint density at radius 1 is 1.36 bits per heavy atom. The summed E-state index contributed by atoms with van der Waals surface area (Å²) >= 11 is 1.84. The molecule has 14 heavy (non-hydrogen) atoms. The number of rotatable bonds is 7. The molecule has 0 aliphatic heterocycles. The molecule has 0 rings (SSSR count). The first kappa shape index (κ1) is 14.2. The zero-order valence-corrected chi connectivity index (χ0v) is 10.6. The number of thioether (sulfide) groups is 1. The average Bonchev–Trinajstić information content (AvgIpc) is 1.99. The van der Waals surface area contributed by atoms with Gasteiger partial charge in [-0.15, -0.1) is 0 Å². The lowest BCUT2D eigenvalue weighted by molar-refractivity contribution is 0.370. The van der Waals surface area contributed by atoms with Crippen LogP contribution in [0.2, 0.25) is 0 Å². The van der Waals surface area contributed by atoms with Gasteiger partial charge in [0.15, 0.2) is 0 Å². The van der Waals surface area contributed by atoms with Gasteiger partial charge in [-0.3, -0.25) is 4.55 Å². The predicted molar refractivity (Wildman–Crippen MR) is 61.5 cm³/mol. The Balaban J connectivity index is 3.51. The first-order chi connectivity index (χ1) is 6.31. The van der Waals surface area contributed by atoms with Crippen molar-refractivity contribution < 1.29 is 13.0 Å². The van der Waals surface area contributed by atoms with Crippen LogP contribution in [0.1, 0.15) is 13.8 Å². The normalized spacial score (nSPS) is 12.7. The molecule has 0 fully saturated rings. The number of nitrogens with zero attached hydrogens (tertiary/aromatic N) is 1. The highest BCUT2D eigenvalue weighted by Crippen LogP contribution is 2.08. The van der Waals surface area contributed by atoms with E-state index in [4.69, 9.17) is 4.55 Å². The summed E-state index contributed by atoms with van der Waals surface area (Å²) in [5.74, 6) is 0.801. The third-order valence-corrected chi connectivity index (χ3v) is 3.44. The molecule has 4 nitrogen and oxygen atoms in total. The van der Waals surface area contributed by atoms with Gasteiger partial charge in [0.05, 0.1) is 5.75 Å². The van der Waals surface area contributed by atoms with E-state index >= 15 is 0 Å². The molecule has 0 aromatic carbocycles. The molecule has 0 spiro atoms. The smallest absolute Gasteiger partial charge is 0.266 e. The predicted octanol–water partition coefficient (Wildman–Crippen LogP) is 0.948. The highest BCUT2D eigenvalue weighted by atomic mass is 32.2. The minimum absolute atomic E-state index is 0.185. The van der Waals surface area contributed by atoms with Crippen molar-refractivity contribution >= 4 is 21.9 Å². The molecule has 0 aliphatic rings. The molecule has 86 valence electrons. The summed E-state index contributed by atoms with van der Waals surface area (Å²) in [6.07, 6.45) is 0. The molecule has 0 atom stereocenters. The van der Waals surface area contributed by atoms with Crippen LogP contribution in [0.5, 0.6) is 0 Å². The maximum atomic E-state index is 10.4. The van der Waals surface area contributed by atoms with Gasteiger partial charge in [0.2, 0.25) is 0 Å². The van der Waals surface area contributed by atoms with E-state index in [2.05, 4.69) is 13.8 Å². The molecule has 0 heterocycles. The Labute approximate surface area is 90.8 Å². The van der Waals surface area contributed by atoms with E-state index < -0.39 is 10.1 Å². The van der Waals surface area contributed by atoms with E-state index in [1.54, 1.807) is 0 Å². The van der Waals surface area contributed by atoms with Gasteiger partial charge >= 0.3 is 0 Å². The standard InChI is InChI=1S/C8H19NO3S2/c1-8(2)13-6-4-9(3)5-7-14(10,11)12/h8H,4-7H2,1-3H3,(H,10,11,12). The summed E-state index contributed by atoms with van der Waals surface area (Å²) in [6.45, 7) is 5.49. The maximum Gasteiger partial charge on any atom is 0.266 e. The van der Waals surface area contributed by atoms with Crippen molar-refractivity contribution in [2.24, 2.45) is 0 Å². The van der Waals surface area contributed by atoms with Crippen molar-refractivity contribution in [3.63, 3.8) is 0 Å². The summed E-state index contributed by atoms with van der Waals surface area (Å²) in [7, 11) is -1.96. The molecule has 0 radical (unpaired) electrons. The van der Waals surface area contributed by atoms with Crippen molar-refractivity contribution in [1.82, 2.24) is 4.90 Å². The fraction of sp³-hybridized carbons (Fsp3) is 1.00. The maximum absolute atomic E-state index is 10.4. The van der Waals surface area contributed by atoms with Crippen LogP contribution in [-0.2, 0) is 10.1 Å². The average molecular weight is 241 g/mol. The van der Waals surface area contributed by atoms with Crippen LogP contribution in [-0.4, -0.2) is 54.8 Å². The van der Waals surface area contributed by atoms with Gasteiger partial charge in [-0.05, 0) is 12.3 Å². The summed E-state index contributed by atoms with van der Waals surface area (Å²) < 4.78 is 29.4. The van der Waals surface area contributed by atoms with E-state index in [-0.39, 0.29) is 5.75 Å². The summed E-state index contributed by atoms with van der Waals surface area (Å²) in [5, 5.41) is 0.602. The molecular weight excluding hydrogens is 222 g/mol. The minimum atomic E-state index is -3.81. The molecule has 6 heteroatoms. The van der Waals surface area contributed by atoms with Gasteiger partial charge in [-0.1, -0.05) is 13.8 Å². The van der Waals surface area contributed by atoms with Crippen LogP contribution in [0.4, 0.5) is 0 Å². The monoisotopic (exact) mass is 241 g/mol. The lowest BCUT2D eigenvalue weighted by Gasteiger charge is -2.15. The zero-order valence-electron chi connectivity index (χ0n) is 8.93. The third kappa shape index (κ3) is 10.3. The molecule has 0 saturated heterocycles. The number of hydrogen-bond donors (Lipinski definition) is 1. The first-order valence-electron chi connectivity index (χ1n) is 4.56. The molecular formula is C8H19NO3S2. The summed E-state index contributed by atoms with van der Waals surface area (Å²) in [5.41, 5.74) is 0. The minimum Gasteiger partial charge on any atom is -0.304 e. The zero-order chi connectivity index (χ0) is 11.2. The second kappa shape index (κ2) is 6.66. The second-order valence-electron chi connectivity index (χ2n) is 3.51. The van der Waals surface area contributed by atoms with Crippen LogP contribution >= 0.6 is 11.8 Å². The summed E-state index contributed by atoms with van der Waals surface area (Å²) in [4.78, 5) is 1.91.